The summed E-state index contributed by atoms with van der Waals surface area (Å²) in [6.45, 7) is 3.13. The molecule has 0 spiro atoms. The van der Waals surface area contributed by atoms with E-state index in [9.17, 15) is 14.7 Å². The number of amides is 1. The topological polar surface area (TPSA) is 99.4 Å². The molecular formula is C20H20N2O4. The van der Waals surface area contributed by atoms with E-state index in [1.807, 2.05) is 36.4 Å². The highest BCUT2D eigenvalue weighted by molar-refractivity contribution is 5.77. The van der Waals surface area contributed by atoms with Gasteiger partial charge in [0.15, 0.2) is 0 Å². The third-order valence-corrected chi connectivity index (χ3v) is 4.12. The van der Waals surface area contributed by atoms with Gasteiger partial charge in [-0.25, -0.2) is 4.79 Å². The lowest BCUT2D eigenvalue weighted by molar-refractivity contribution is -0.148. The van der Waals surface area contributed by atoms with Crippen LogP contribution in [0.4, 0.5) is 4.79 Å². The first kappa shape index (κ1) is 19.0. The second kappa shape index (κ2) is 8.17. The van der Waals surface area contributed by atoms with Crippen LogP contribution in [-0.4, -0.2) is 17.2 Å². The van der Waals surface area contributed by atoms with E-state index in [2.05, 4.69) is 5.32 Å². The molecule has 0 unspecified atom stereocenters. The maximum absolute atomic E-state index is 12.2. The zero-order valence-corrected chi connectivity index (χ0v) is 14.6. The molecule has 1 amide bonds. The van der Waals surface area contributed by atoms with Gasteiger partial charge in [0, 0.05) is 0 Å². The normalized spacial score (nSPS) is 11.9. The molecule has 2 N–H and O–H groups in total. The van der Waals surface area contributed by atoms with Crippen LogP contribution in [0, 0.1) is 16.7 Å². The van der Waals surface area contributed by atoms with Crippen LogP contribution < -0.4 is 5.32 Å². The van der Waals surface area contributed by atoms with Gasteiger partial charge in [-0.2, -0.15) is 5.26 Å². The van der Waals surface area contributed by atoms with Crippen LogP contribution in [0.15, 0.2) is 54.6 Å². The first-order valence-electron chi connectivity index (χ1n) is 8.05. The number of nitrogens with zero attached hydrogens (tertiary/aromatic N) is 1. The number of carboxylic acids is 1. The summed E-state index contributed by atoms with van der Waals surface area (Å²) in [6.07, 6.45) is -0.711. The second-order valence-electron chi connectivity index (χ2n) is 6.40. The molecular weight excluding hydrogens is 332 g/mol. The summed E-state index contributed by atoms with van der Waals surface area (Å²) in [5.41, 5.74) is 0.579. The quantitative estimate of drug-likeness (QED) is 0.827. The number of alkyl carbamates (subject to hydrolysis) is 1. The van der Waals surface area contributed by atoms with Gasteiger partial charge in [-0.1, -0.05) is 42.5 Å². The van der Waals surface area contributed by atoms with E-state index in [0.29, 0.717) is 11.1 Å². The molecule has 0 heterocycles. The maximum atomic E-state index is 12.2. The number of carbonyl (C=O) groups is 2. The van der Waals surface area contributed by atoms with Crippen molar-refractivity contribution in [2.24, 2.45) is 5.41 Å². The van der Waals surface area contributed by atoms with Crippen LogP contribution in [0.2, 0.25) is 0 Å². The molecule has 0 aliphatic carbocycles. The van der Waals surface area contributed by atoms with Crippen molar-refractivity contribution in [2.75, 3.05) is 0 Å². The van der Waals surface area contributed by atoms with E-state index >= 15 is 0 Å². The second-order valence-corrected chi connectivity index (χ2v) is 6.40. The molecule has 0 saturated carbocycles. The Balaban J connectivity index is 2.17. The average molecular weight is 352 g/mol. The Hall–Kier alpha value is -3.33. The molecule has 26 heavy (non-hydrogen) atoms. The Bertz CT molecular complexity index is 808. The largest absolute Gasteiger partial charge is 0.481 e. The van der Waals surface area contributed by atoms with Crippen molar-refractivity contribution in [1.29, 1.82) is 5.26 Å². The van der Waals surface area contributed by atoms with Crippen LogP contribution in [0.5, 0.6) is 0 Å². The Kier molecular flexibility index (Phi) is 5.97. The number of hydrogen-bond acceptors (Lipinski definition) is 4. The average Bonchev–Trinajstić information content (AvgIpc) is 2.65. The van der Waals surface area contributed by atoms with Gasteiger partial charge in [0.2, 0.25) is 0 Å². The molecule has 2 aromatic rings. The lowest BCUT2D eigenvalue weighted by Crippen LogP contribution is -2.42. The molecule has 2 aromatic carbocycles. The van der Waals surface area contributed by atoms with Crippen LogP contribution in [0.25, 0.3) is 0 Å². The van der Waals surface area contributed by atoms with Crippen molar-refractivity contribution < 1.29 is 19.4 Å². The standard InChI is InChI=1S/C20H20N2O4/c1-20(2,18(23)24)17(16-10-8-14(12-21)9-11-16)22-19(25)26-13-15-6-4-3-5-7-15/h3-11,17H,13H2,1-2H3,(H,22,25)(H,23,24)/t17-/m0/s1. The summed E-state index contributed by atoms with van der Waals surface area (Å²) >= 11 is 0. The maximum Gasteiger partial charge on any atom is 0.407 e. The Morgan fingerprint density at radius 1 is 1.15 bits per heavy atom. The first-order chi connectivity index (χ1) is 12.3. The third-order valence-electron chi connectivity index (χ3n) is 4.12. The van der Waals surface area contributed by atoms with E-state index in [-0.39, 0.29) is 6.61 Å². The molecule has 0 aromatic heterocycles. The van der Waals surface area contributed by atoms with Crippen LogP contribution in [0.1, 0.15) is 36.6 Å². The minimum Gasteiger partial charge on any atom is -0.481 e. The molecule has 134 valence electrons. The lowest BCUT2D eigenvalue weighted by atomic mass is 9.80. The van der Waals surface area contributed by atoms with Crippen molar-refractivity contribution >= 4 is 12.1 Å². The van der Waals surface area contributed by atoms with Gasteiger partial charge in [-0.3, -0.25) is 4.79 Å². The predicted molar refractivity (Wildman–Crippen MR) is 95.1 cm³/mol. The summed E-state index contributed by atoms with van der Waals surface area (Å²) in [6, 6.07) is 16.8. The fraction of sp³-hybridized carbons (Fsp3) is 0.250. The van der Waals surface area contributed by atoms with Crippen molar-refractivity contribution in [2.45, 2.75) is 26.5 Å². The molecule has 6 nitrogen and oxygen atoms in total. The molecule has 0 fully saturated rings. The van der Waals surface area contributed by atoms with E-state index in [1.165, 1.54) is 13.8 Å². The molecule has 2 rings (SSSR count). The molecule has 6 heteroatoms. The number of nitriles is 1. The Morgan fingerprint density at radius 3 is 2.31 bits per heavy atom. The van der Waals surface area contributed by atoms with Crippen molar-refractivity contribution in [1.82, 2.24) is 5.32 Å². The number of aliphatic carboxylic acids is 1. The van der Waals surface area contributed by atoms with Gasteiger partial charge in [-0.15, -0.1) is 0 Å². The highest BCUT2D eigenvalue weighted by atomic mass is 16.5. The highest BCUT2D eigenvalue weighted by Gasteiger charge is 2.39. The number of carbonyl (C=O) groups excluding carboxylic acids is 1. The third kappa shape index (κ3) is 4.61. The van der Waals surface area contributed by atoms with E-state index in [1.54, 1.807) is 24.3 Å². The summed E-state index contributed by atoms with van der Waals surface area (Å²) < 4.78 is 5.20. The predicted octanol–water partition coefficient (Wildman–Crippen LogP) is 3.64. The lowest BCUT2D eigenvalue weighted by Gasteiger charge is -2.31. The highest BCUT2D eigenvalue weighted by Crippen LogP contribution is 2.34. The minimum absolute atomic E-state index is 0.0836. The van der Waals surface area contributed by atoms with Gasteiger partial charge in [0.05, 0.1) is 23.1 Å². The zero-order chi connectivity index (χ0) is 19.2. The summed E-state index contributed by atoms with van der Waals surface area (Å²) in [5.74, 6) is -1.06. The van der Waals surface area contributed by atoms with Gasteiger partial charge >= 0.3 is 12.1 Å². The molecule has 0 aliphatic heterocycles. The number of nitrogens with one attached hydrogen (secondary N) is 1. The number of carboxylic acid groups (broad SMARTS) is 1. The number of ether oxygens (including phenoxy) is 1. The van der Waals surface area contributed by atoms with E-state index in [4.69, 9.17) is 10.00 Å². The van der Waals surface area contributed by atoms with Gasteiger partial charge in [0.25, 0.3) is 0 Å². The van der Waals surface area contributed by atoms with Crippen LogP contribution in [-0.2, 0) is 16.1 Å². The molecule has 0 saturated heterocycles. The van der Waals surface area contributed by atoms with E-state index in [0.717, 1.165) is 5.56 Å². The number of rotatable bonds is 6. The first-order valence-corrected chi connectivity index (χ1v) is 8.05. The van der Waals surface area contributed by atoms with Crippen LogP contribution in [0.3, 0.4) is 0 Å². The number of hydrogen-bond donors (Lipinski definition) is 2. The summed E-state index contributed by atoms with van der Waals surface area (Å²) in [7, 11) is 0. The van der Waals surface area contributed by atoms with Gasteiger partial charge in [-0.05, 0) is 37.1 Å². The monoisotopic (exact) mass is 352 g/mol. The van der Waals surface area contributed by atoms with Crippen molar-refractivity contribution in [3.63, 3.8) is 0 Å². The minimum atomic E-state index is -1.28. The van der Waals surface area contributed by atoms with E-state index < -0.39 is 23.5 Å². The van der Waals surface area contributed by atoms with Crippen LogP contribution >= 0.6 is 0 Å². The molecule has 1 atom stereocenters. The SMILES string of the molecule is CC(C)(C(=O)O)[C@@H](NC(=O)OCc1ccccc1)c1ccc(C#N)cc1. The Labute approximate surface area is 152 Å². The Morgan fingerprint density at radius 2 is 1.77 bits per heavy atom. The fourth-order valence-corrected chi connectivity index (χ4v) is 2.44. The summed E-state index contributed by atoms with van der Waals surface area (Å²) in [5, 5.41) is 21.1. The van der Waals surface area contributed by atoms with Crippen molar-refractivity contribution in [3.05, 3.63) is 71.3 Å². The molecule has 0 radical (unpaired) electrons. The fourth-order valence-electron chi connectivity index (χ4n) is 2.44. The summed E-state index contributed by atoms with van der Waals surface area (Å²) in [4.78, 5) is 23.9. The molecule has 0 bridgehead atoms. The van der Waals surface area contributed by atoms with Gasteiger partial charge in [0.1, 0.15) is 6.61 Å². The molecule has 0 aliphatic rings. The van der Waals surface area contributed by atoms with Crippen molar-refractivity contribution in [3.8, 4) is 6.07 Å². The van der Waals surface area contributed by atoms with Gasteiger partial charge < -0.3 is 15.2 Å². The smallest absolute Gasteiger partial charge is 0.407 e. The zero-order valence-electron chi connectivity index (χ0n) is 14.6. The number of benzene rings is 2.